The summed E-state index contributed by atoms with van der Waals surface area (Å²) in [6.07, 6.45) is 0.755. The molecular formula is C5H12N2O. The molecule has 1 heterocycles. The molecule has 1 rings (SSSR count). The van der Waals surface area contributed by atoms with E-state index in [2.05, 4.69) is 5.43 Å². The zero-order chi connectivity index (χ0) is 5.98. The van der Waals surface area contributed by atoms with E-state index in [1.165, 1.54) is 0 Å². The number of nitrogens with one attached hydrogen (secondary N) is 1. The quantitative estimate of drug-likeness (QED) is 0.434. The summed E-state index contributed by atoms with van der Waals surface area (Å²) in [5.74, 6) is 0. The molecule has 0 bridgehead atoms. The largest absolute Gasteiger partial charge is 0.392 e. The molecule has 3 nitrogen and oxygen atoms in total. The number of rotatable bonds is 0. The van der Waals surface area contributed by atoms with Crippen molar-refractivity contribution < 1.29 is 5.11 Å². The first-order valence-electron chi connectivity index (χ1n) is 2.92. The Morgan fingerprint density at radius 1 is 1.75 bits per heavy atom. The maximum absolute atomic E-state index is 9.00. The highest BCUT2D eigenvalue weighted by Gasteiger charge is 2.12. The number of aliphatic hydroxyl groups excluding tert-OH is 1. The van der Waals surface area contributed by atoms with Gasteiger partial charge in [-0.3, -0.25) is 5.43 Å². The number of hydrazine groups is 1. The Morgan fingerprint density at radius 2 is 2.50 bits per heavy atom. The molecule has 1 fully saturated rings. The van der Waals surface area contributed by atoms with E-state index in [0.29, 0.717) is 0 Å². The van der Waals surface area contributed by atoms with E-state index < -0.39 is 0 Å². The molecule has 1 atom stereocenters. The fourth-order valence-electron chi connectivity index (χ4n) is 0.894. The van der Waals surface area contributed by atoms with Crippen molar-refractivity contribution in [1.29, 1.82) is 0 Å². The first-order chi connectivity index (χ1) is 3.79. The van der Waals surface area contributed by atoms with Crippen LogP contribution in [-0.4, -0.2) is 36.4 Å². The van der Waals surface area contributed by atoms with Crippen LogP contribution in [0, 0.1) is 0 Å². The summed E-state index contributed by atoms with van der Waals surface area (Å²) in [7, 11) is 1.93. The normalized spacial score (nSPS) is 33.0. The van der Waals surface area contributed by atoms with Crippen molar-refractivity contribution in [3.05, 3.63) is 0 Å². The van der Waals surface area contributed by atoms with Gasteiger partial charge in [0.25, 0.3) is 0 Å². The molecule has 1 aliphatic heterocycles. The van der Waals surface area contributed by atoms with Gasteiger partial charge in [-0.2, -0.15) is 0 Å². The maximum atomic E-state index is 9.00. The first-order valence-corrected chi connectivity index (χ1v) is 2.92. The fourth-order valence-corrected chi connectivity index (χ4v) is 0.894. The maximum Gasteiger partial charge on any atom is 0.0693 e. The summed E-state index contributed by atoms with van der Waals surface area (Å²) in [6, 6.07) is 0. The molecule has 0 aromatic heterocycles. The summed E-state index contributed by atoms with van der Waals surface area (Å²) in [4.78, 5) is 0. The van der Waals surface area contributed by atoms with Crippen molar-refractivity contribution >= 4 is 0 Å². The molecule has 0 radical (unpaired) electrons. The molecule has 0 spiro atoms. The molecule has 1 aliphatic rings. The second kappa shape index (κ2) is 2.44. The smallest absolute Gasteiger partial charge is 0.0693 e. The average Bonchev–Trinajstić information content (AvgIpc) is 1.64. The molecule has 8 heavy (non-hydrogen) atoms. The Balaban J connectivity index is 2.23. The number of nitrogens with zero attached hydrogens (tertiary/aromatic N) is 1. The van der Waals surface area contributed by atoms with Gasteiger partial charge < -0.3 is 5.11 Å². The molecule has 1 saturated heterocycles. The molecule has 0 aliphatic carbocycles. The summed E-state index contributed by atoms with van der Waals surface area (Å²) in [5.41, 5.74) is 3.09. The van der Waals surface area contributed by atoms with Gasteiger partial charge in [0.2, 0.25) is 0 Å². The highest BCUT2D eigenvalue weighted by atomic mass is 16.3. The predicted molar refractivity (Wildman–Crippen MR) is 31.3 cm³/mol. The van der Waals surface area contributed by atoms with E-state index in [1.807, 2.05) is 12.1 Å². The Kier molecular flexibility index (Phi) is 1.83. The van der Waals surface area contributed by atoms with Gasteiger partial charge in [0.1, 0.15) is 0 Å². The lowest BCUT2D eigenvalue weighted by Crippen LogP contribution is -2.46. The number of aliphatic hydroxyl groups is 1. The summed E-state index contributed by atoms with van der Waals surface area (Å²) in [6.45, 7) is 1.65. The standard InChI is InChI=1S/C5H12N2O/c1-7-4-5(8)2-3-6-7/h5-6,8H,2-4H2,1H3. The lowest BCUT2D eigenvalue weighted by Gasteiger charge is -2.26. The van der Waals surface area contributed by atoms with Gasteiger partial charge in [0, 0.05) is 20.1 Å². The Morgan fingerprint density at radius 3 is 2.88 bits per heavy atom. The van der Waals surface area contributed by atoms with E-state index in [0.717, 1.165) is 19.5 Å². The second-order valence-corrected chi connectivity index (χ2v) is 2.23. The lowest BCUT2D eigenvalue weighted by atomic mass is 10.2. The van der Waals surface area contributed by atoms with E-state index in [4.69, 9.17) is 5.11 Å². The van der Waals surface area contributed by atoms with Crippen molar-refractivity contribution in [1.82, 2.24) is 10.4 Å². The van der Waals surface area contributed by atoms with Crippen LogP contribution in [-0.2, 0) is 0 Å². The van der Waals surface area contributed by atoms with Crippen molar-refractivity contribution in [3.8, 4) is 0 Å². The topological polar surface area (TPSA) is 35.5 Å². The van der Waals surface area contributed by atoms with E-state index in [1.54, 1.807) is 0 Å². The number of β-amino-alcohol motifs (C(OH)–C–C–N with tert-alkyl or cyclic N) is 1. The third kappa shape index (κ3) is 1.43. The van der Waals surface area contributed by atoms with Gasteiger partial charge in [0.05, 0.1) is 6.10 Å². The van der Waals surface area contributed by atoms with Crippen molar-refractivity contribution in [3.63, 3.8) is 0 Å². The third-order valence-electron chi connectivity index (χ3n) is 1.34. The minimum Gasteiger partial charge on any atom is -0.392 e. The predicted octanol–water partition coefficient (Wildman–Crippen LogP) is -0.813. The van der Waals surface area contributed by atoms with Crippen LogP contribution in [0.3, 0.4) is 0 Å². The Hall–Kier alpha value is -0.120. The summed E-state index contributed by atoms with van der Waals surface area (Å²) >= 11 is 0. The van der Waals surface area contributed by atoms with Gasteiger partial charge in [-0.15, -0.1) is 0 Å². The minimum absolute atomic E-state index is 0.124. The van der Waals surface area contributed by atoms with Gasteiger partial charge in [-0.05, 0) is 6.42 Å². The zero-order valence-electron chi connectivity index (χ0n) is 5.09. The Bertz CT molecular complexity index is 68.8. The monoisotopic (exact) mass is 116 g/mol. The number of likely N-dealkylation sites (N-methyl/N-ethyl adjacent to an activating group) is 1. The number of hydrogen-bond donors (Lipinski definition) is 2. The van der Waals surface area contributed by atoms with Crippen LogP contribution in [0.15, 0.2) is 0 Å². The van der Waals surface area contributed by atoms with Crippen molar-refractivity contribution in [2.24, 2.45) is 0 Å². The minimum atomic E-state index is -0.124. The van der Waals surface area contributed by atoms with Crippen LogP contribution in [0.5, 0.6) is 0 Å². The molecule has 48 valence electrons. The Labute approximate surface area is 49.3 Å². The van der Waals surface area contributed by atoms with Crippen molar-refractivity contribution in [2.75, 3.05) is 20.1 Å². The van der Waals surface area contributed by atoms with Gasteiger partial charge in [0.15, 0.2) is 0 Å². The highest BCUT2D eigenvalue weighted by Crippen LogP contribution is 1.96. The summed E-state index contributed by atoms with van der Waals surface area (Å²) in [5, 5.41) is 10.9. The summed E-state index contributed by atoms with van der Waals surface area (Å²) < 4.78 is 0. The van der Waals surface area contributed by atoms with E-state index >= 15 is 0 Å². The SMILES string of the molecule is CN1CC(O)CCN1. The second-order valence-electron chi connectivity index (χ2n) is 2.23. The van der Waals surface area contributed by atoms with Crippen LogP contribution in [0.1, 0.15) is 6.42 Å². The lowest BCUT2D eigenvalue weighted by molar-refractivity contribution is 0.0556. The molecule has 0 amide bonds. The highest BCUT2D eigenvalue weighted by molar-refractivity contribution is 4.65. The molecule has 0 aromatic rings. The van der Waals surface area contributed by atoms with E-state index in [-0.39, 0.29) is 6.10 Å². The molecule has 1 unspecified atom stereocenters. The zero-order valence-corrected chi connectivity index (χ0v) is 5.09. The van der Waals surface area contributed by atoms with Gasteiger partial charge in [-0.1, -0.05) is 0 Å². The fraction of sp³-hybridized carbons (Fsp3) is 1.00. The molecule has 0 saturated carbocycles. The molecule has 3 heteroatoms. The van der Waals surface area contributed by atoms with E-state index in [9.17, 15) is 0 Å². The van der Waals surface area contributed by atoms with Crippen molar-refractivity contribution in [2.45, 2.75) is 12.5 Å². The van der Waals surface area contributed by atoms with Crippen LogP contribution < -0.4 is 5.43 Å². The van der Waals surface area contributed by atoms with Gasteiger partial charge in [-0.25, -0.2) is 5.01 Å². The van der Waals surface area contributed by atoms with Crippen LogP contribution in [0.4, 0.5) is 0 Å². The first kappa shape index (κ1) is 6.01. The molecule has 2 N–H and O–H groups in total. The van der Waals surface area contributed by atoms with Crippen LogP contribution in [0.25, 0.3) is 0 Å². The van der Waals surface area contributed by atoms with Gasteiger partial charge >= 0.3 is 0 Å². The third-order valence-corrected chi connectivity index (χ3v) is 1.34. The number of hydrogen-bond acceptors (Lipinski definition) is 3. The average molecular weight is 116 g/mol. The van der Waals surface area contributed by atoms with Crippen LogP contribution in [0.2, 0.25) is 0 Å². The van der Waals surface area contributed by atoms with Crippen LogP contribution >= 0.6 is 0 Å². The molecule has 0 aromatic carbocycles. The molecular weight excluding hydrogens is 104 g/mol.